The molecule has 0 atom stereocenters. The normalized spacial score (nSPS) is 14.2. The molecule has 3 heterocycles. The first-order chi connectivity index (χ1) is 13.6. The molecule has 0 saturated heterocycles. The van der Waals surface area contributed by atoms with Crippen molar-refractivity contribution in [1.29, 1.82) is 0 Å². The molecule has 28 heavy (non-hydrogen) atoms. The third kappa shape index (κ3) is 4.77. The minimum Gasteiger partial charge on any atom is -0.463 e. The summed E-state index contributed by atoms with van der Waals surface area (Å²) in [6.45, 7) is 5.59. The van der Waals surface area contributed by atoms with E-state index in [0.717, 1.165) is 6.42 Å². The van der Waals surface area contributed by atoms with Crippen molar-refractivity contribution in [1.82, 2.24) is 25.7 Å². The van der Waals surface area contributed by atoms with Gasteiger partial charge in [0.1, 0.15) is 0 Å². The zero-order chi connectivity index (χ0) is 19.9. The number of urea groups is 1. The number of ether oxygens (including phenoxy) is 1. The van der Waals surface area contributed by atoms with Gasteiger partial charge in [-0.1, -0.05) is 6.92 Å². The zero-order valence-corrected chi connectivity index (χ0v) is 15.9. The number of hydrogen-bond acceptors (Lipinski definition) is 8. The third-order valence-corrected chi connectivity index (χ3v) is 4.06. The Hall–Kier alpha value is -3.14. The highest BCUT2D eigenvalue weighted by Gasteiger charge is 2.25. The summed E-state index contributed by atoms with van der Waals surface area (Å²) in [5, 5.41) is 13.4. The van der Waals surface area contributed by atoms with E-state index < -0.39 is 5.97 Å². The fraction of sp³-hybridized carbons (Fsp3) is 0.444. The Morgan fingerprint density at radius 1 is 1.32 bits per heavy atom. The Kier molecular flexibility index (Phi) is 6.43. The molecule has 2 N–H and O–H groups in total. The van der Waals surface area contributed by atoms with Crippen molar-refractivity contribution in [3.63, 3.8) is 0 Å². The lowest BCUT2D eigenvalue weighted by atomic mass is 10.1. The molecule has 150 valence electrons. The van der Waals surface area contributed by atoms with E-state index in [-0.39, 0.29) is 19.2 Å². The Morgan fingerprint density at radius 2 is 2.18 bits per heavy atom. The van der Waals surface area contributed by atoms with Crippen LogP contribution in [0.4, 0.5) is 4.79 Å². The van der Waals surface area contributed by atoms with Gasteiger partial charge < -0.3 is 24.2 Å². The Labute approximate surface area is 161 Å². The number of esters is 1. The largest absolute Gasteiger partial charge is 0.463 e. The molecule has 0 radical (unpaired) electrons. The van der Waals surface area contributed by atoms with Crippen molar-refractivity contribution in [2.45, 2.75) is 26.8 Å². The average Bonchev–Trinajstić information content (AvgIpc) is 3.33. The predicted molar refractivity (Wildman–Crippen MR) is 97.8 cm³/mol. The molecule has 1 aliphatic rings. The van der Waals surface area contributed by atoms with Gasteiger partial charge in [0.05, 0.1) is 31.5 Å². The van der Waals surface area contributed by atoms with Crippen molar-refractivity contribution in [3.8, 4) is 11.7 Å². The quantitative estimate of drug-likeness (QED) is 0.621. The highest BCUT2D eigenvalue weighted by atomic mass is 16.5. The summed E-state index contributed by atoms with van der Waals surface area (Å²) in [5.41, 5.74) is 0.922. The third-order valence-electron chi connectivity index (χ3n) is 4.06. The molecule has 3 rings (SSSR count). The summed E-state index contributed by atoms with van der Waals surface area (Å²) in [7, 11) is 0. The standard InChI is InChI=1S/C18H23N5O5/c1-3-7-23(11-15-21-22-16(28-15)14-6-5-8-27-14)10-13-12(17(24)26-4-2)9-19-18(25)20-13/h5-6,8H,3-4,7,9-11H2,1-2H3,(H2,19,20,25). The molecule has 0 fully saturated rings. The number of rotatable bonds is 9. The average molecular weight is 389 g/mol. The van der Waals surface area contributed by atoms with E-state index in [2.05, 4.69) is 20.8 Å². The first kappa shape index (κ1) is 19.6. The van der Waals surface area contributed by atoms with Gasteiger partial charge in [-0.05, 0) is 32.0 Å². The molecule has 0 bridgehead atoms. The smallest absolute Gasteiger partial charge is 0.337 e. The molecular weight excluding hydrogens is 366 g/mol. The van der Waals surface area contributed by atoms with Crippen LogP contribution in [-0.4, -0.2) is 53.3 Å². The van der Waals surface area contributed by atoms with Crippen LogP contribution in [0.15, 0.2) is 38.5 Å². The number of nitrogens with zero attached hydrogens (tertiary/aromatic N) is 3. The van der Waals surface area contributed by atoms with Gasteiger partial charge in [-0.25, -0.2) is 9.59 Å². The van der Waals surface area contributed by atoms with E-state index in [1.807, 2.05) is 11.8 Å². The van der Waals surface area contributed by atoms with Crippen LogP contribution in [0.5, 0.6) is 0 Å². The number of nitrogens with one attached hydrogen (secondary N) is 2. The summed E-state index contributed by atoms with van der Waals surface area (Å²) in [6, 6.07) is 3.13. The van der Waals surface area contributed by atoms with Crippen LogP contribution in [0.1, 0.15) is 26.2 Å². The monoisotopic (exact) mass is 389 g/mol. The van der Waals surface area contributed by atoms with E-state index >= 15 is 0 Å². The molecule has 2 amide bonds. The van der Waals surface area contributed by atoms with Crippen molar-refractivity contribution in [2.75, 3.05) is 26.2 Å². The lowest BCUT2D eigenvalue weighted by molar-refractivity contribution is -0.138. The van der Waals surface area contributed by atoms with Crippen LogP contribution in [0.3, 0.4) is 0 Å². The molecule has 2 aromatic heterocycles. The van der Waals surface area contributed by atoms with Crippen molar-refractivity contribution in [3.05, 3.63) is 35.6 Å². The number of aromatic nitrogens is 2. The zero-order valence-electron chi connectivity index (χ0n) is 15.9. The maximum Gasteiger partial charge on any atom is 0.337 e. The van der Waals surface area contributed by atoms with E-state index in [4.69, 9.17) is 13.6 Å². The summed E-state index contributed by atoms with van der Waals surface area (Å²) in [5.74, 6) is 0.773. The Bertz CT molecular complexity index is 842. The second-order valence-electron chi connectivity index (χ2n) is 6.17. The molecule has 0 aliphatic carbocycles. The second kappa shape index (κ2) is 9.18. The summed E-state index contributed by atoms with van der Waals surface area (Å²) < 4.78 is 16.0. The summed E-state index contributed by atoms with van der Waals surface area (Å²) in [4.78, 5) is 26.0. The van der Waals surface area contributed by atoms with Crippen molar-refractivity contribution in [2.24, 2.45) is 0 Å². The minimum atomic E-state index is -0.445. The van der Waals surface area contributed by atoms with E-state index in [9.17, 15) is 9.59 Å². The van der Waals surface area contributed by atoms with Crippen LogP contribution >= 0.6 is 0 Å². The Morgan fingerprint density at radius 3 is 2.89 bits per heavy atom. The van der Waals surface area contributed by atoms with Crippen LogP contribution < -0.4 is 10.6 Å². The highest BCUT2D eigenvalue weighted by molar-refractivity contribution is 5.93. The van der Waals surface area contributed by atoms with E-state index in [0.29, 0.717) is 48.4 Å². The van der Waals surface area contributed by atoms with Gasteiger partial charge >= 0.3 is 12.0 Å². The molecule has 2 aromatic rings. The highest BCUT2D eigenvalue weighted by Crippen LogP contribution is 2.19. The molecule has 1 aliphatic heterocycles. The fourth-order valence-corrected chi connectivity index (χ4v) is 2.84. The second-order valence-corrected chi connectivity index (χ2v) is 6.17. The van der Waals surface area contributed by atoms with Gasteiger partial charge in [-0.3, -0.25) is 4.90 Å². The number of carbonyl (C=O) groups excluding carboxylic acids is 2. The topological polar surface area (TPSA) is 123 Å². The van der Waals surface area contributed by atoms with Gasteiger partial charge in [0.2, 0.25) is 5.89 Å². The van der Waals surface area contributed by atoms with E-state index in [1.54, 1.807) is 19.1 Å². The molecular formula is C18H23N5O5. The molecule has 0 spiro atoms. The summed E-state index contributed by atoms with van der Waals surface area (Å²) in [6.07, 6.45) is 2.40. The van der Waals surface area contributed by atoms with Gasteiger partial charge in [0.15, 0.2) is 5.76 Å². The van der Waals surface area contributed by atoms with Crippen LogP contribution in [-0.2, 0) is 16.1 Å². The molecule has 0 unspecified atom stereocenters. The molecule has 0 aromatic carbocycles. The van der Waals surface area contributed by atoms with E-state index in [1.165, 1.54) is 6.26 Å². The predicted octanol–water partition coefficient (Wildman–Crippen LogP) is 1.67. The SMILES string of the molecule is CCCN(CC1=C(C(=O)OCC)CNC(=O)N1)Cc1nnc(-c2ccco2)o1. The van der Waals surface area contributed by atoms with Gasteiger partial charge in [-0.15, -0.1) is 10.2 Å². The number of amides is 2. The first-order valence-electron chi connectivity index (χ1n) is 9.13. The van der Waals surface area contributed by atoms with Crippen LogP contribution in [0.2, 0.25) is 0 Å². The van der Waals surface area contributed by atoms with Crippen LogP contribution in [0, 0.1) is 0 Å². The molecule has 10 heteroatoms. The lowest BCUT2D eigenvalue weighted by Crippen LogP contribution is -2.46. The lowest BCUT2D eigenvalue weighted by Gasteiger charge is -2.26. The van der Waals surface area contributed by atoms with Crippen molar-refractivity contribution >= 4 is 12.0 Å². The maximum atomic E-state index is 12.2. The van der Waals surface area contributed by atoms with Crippen LogP contribution in [0.25, 0.3) is 11.7 Å². The van der Waals surface area contributed by atoms with Gasteiger partial charge in [0.25, 0.3) is 5.89 Å². The summed E-state index contributed by atoms with van der Waals surface area (Å²) >= 11 is 0. The first-order valence-corrected chi connectivity index (χ1v) is 9.13. The molecule has 0 saturated carbocycles. The Balaban J connectivity index is 1.75. The fourth-order valence-electron chi connectivity index (χ4n) is 2.84. The van der Waals surface area contributed by atoms with Crippen molar-refractivity contribution < 1.29 is 23.2 Å². The molecule has 10 nitrogen and oxygen atoms in total. The maximum absolute atomic E-state index is 12.2. The van der Waals surface area contributed by atoms with Gasteiger partial charge in [0, 0.05) is 12.2 Å². The number of hydrogen-bond donors (Lipinski definition) is 2. The number of furan rings is 1. The number of carbonyl (C=O) groups is 2. The van der Waals surface area contributed by atoms with Gasteiger partial charge in [-0.2, -0.15) is 0 Å². The minimum absolute atomic E-state index is 0.128.